The van der Waals surface area contributed by atoms with Crippen LogP contribution in [0.5, 0.6) is 0 Å². The average Bonchev–Trinajstić information content (AvgIpc) is 2.86. The summed E-state index contributed by atoms with van der Waals surface area (Å²) in [5.41, 5.74) is 2.92. The lowest BCUT2D eigenvalue weighted by Crippen LogP contribution is -2.29. The fraction of sp³-hybridized carbons (Fsp3) is 0.167. The molecular weight excluding hydrogens is 278 g/mol. The van der Waals surface area contributed by atoms with Crippen LogP contribution in [0.2, 0.25) is 0 Å². The number of carbonyl (C=O) groups is 3. The van der Waals surface area contributed by atoms with E-state index >= 15 is 0 Å². The van der Waals surface area contributed by atoms with Crippen molar-refractivity contribution in [1.82, 2.24) is 5.32 Å². The molecule has 0 bridgehead atoms. The van der Waals surface area contributed by atoms with Gasteiger partial charge < -0.3 is 0 Å². The molecule has 1 N–H and O–H groups in total. The second-order valence-electron chi connectivity index (χ2n) is 5.70. The standard InChI is InChI=1S/C18H13NO3/c20-15-9-14(18(22)19-15)16-10-5-1-3-7-12(10)17(21)13-8-4-2-6-11(13)16/h1-8,14,16H,9H2,(H,19,20,22). The Bertz CT molecular complexity index is 775. The first-order chi connectivity index (χ1) is 10.7. The van der Waals surface area contributed by atoms with Crippen LogP contribution in [0.3, 0.4) is 0 Å². The van der Waals surface area contributed by atoms with E-state index in [2.05, 4.69) is 5.32 Å². The summed E-state index contributed by atoms with van der Waals surface area (Å²) in [6.07, 6.45) is 0.167. The number of rotatable bonds is 1. The lowest BCUT2D eigenvalue weighted by molar-refractivity contribution is -0.125. The van der Waals surface area contributed by atoms with Crippen LogP contribution in [0.1, 0.15) is 39.4 Å². The predicted octanol–water partition coefficient (Wildman–Crippen LogP) is 2.03. The van der Waals surface area contributed by atoms with E-state index in [-0.39, 0.29) is 29.9 Å². The van der Waals surface area contributed by atoms with Crippen LogP contribution in [-0.2, 0) is 9.59 Å². The van der Waals surface area contributed by atoms with Gasteiger partial charge in [-0.05, 0) is 11.1 Å². The molecule has 22 heavy (non-hydrogen) atoms. The number of hydrogen-bond acceptors (Lipinski definition) is 3. The van der Waals surface area contributed by atoms with Gasteiger partial charge in [0.15, 0.2) is 5.78 Å². The van der Waals surface area contributed by atoms with E-state index in [0.717, 1.165) is 11.1 Å². The lowest BCUT2D eigenvalue weighted by atomic mass is 9.71. The quantitative estimate of drug-likeness (QED) is 0.818. The first-order valence-corrected chi connectivity index (χ1v) is 7.23. The molecule has 1 heterocycles. The third-order valence-electron chi connectivity index (χ3n) is 4.49. The van der Waals surface area contributed by atoms with E-state index in [1.165, 1.54) is 0 Å². The Morgan fingerprint density at radius 3 is 1.86 bits per heavy atom. The minimum Gasteiger partial charge on any atom is -0.296 e. The van der Waals surface area contributed by atoms with Crippen LogP contribution in [0, 0.1) is 5.92 Å². The third-order valence-corrected chi connectivity index (χ3v) is 4.49. The van der Waals surface area contributed by atoms with E-state index in [4.69, 9.17) is 0 Å². The maximum absolute atomic E-state index is 12.6. The molecule has 4 heteroatoms. The highest BCUT2D eigenvalue weighted by Crippen LogP contribution is 2.43. The van der Waals surface area contributed by atoms with Crippen molar-refractivity contribution in [3.05, 3.63) is 70.8 Å². The Balaban J connectivity index is 1.95. The van der Waals surface area contributed by atoms with Crippen molar-refractivity contribution in [2.45, 2.75) is 12.3 Å². The fourth-order valence-corrected chi connectivity index (χ4v) is 3.54. The van der Waals surface area contributed by atoms with Crippen molar-refractivity contribution in [3.8, 4) is 0 Å². The first kappa shape index (κ1) is 13.0. The number of ketones is 1. The molecule has 1 aliphatic heterocycles. The number of carbonyl (C=O) groups excluding carboxylic acids is 3. The Morgan fingerprint density at radius 2 is 1.36 bits per heavy atom. The van der Waals surface area contributed by atoms with Gasteiger partial charge in [-0.15, -0.1) is 0 Å². The van der Waals surface area contributed by atoms with Gasteiger partial charge in [0.1, 0.15) is 0 Å². The Labute approximate surface area is 127 Å². The highest BCUT2D eigenvalue weighted by molar-refractivity contribution is 6.13. The Morgan fingerprint density at radius 1 is 0.818 bits per heavy atom. The van der Waals surface area contributed by atoms with Crippen LogP contribution in [0.4, 0.5) is 0 Å². The monoisotopic (exact) mass is 291 g/mol. The van der Waals surface area contributed by atoms with Gasteiger partial charge in [-0.3, -0.25) is 19.7 Å². The minimum absolute atomic E-state index is 0.0211. The van der Waals surface area contributed by atoms with Gasteiger partial charge in [-0.1, -0.05) is 48.5 Å². The maximum atomic E-state index is 12.6. The van der Waals surface area contributed by atoms with Gasteiger partial charge in [-0.2, -0.15) is 0 Å². The van der Waals surface area contributed by atoms with Crippen LogP contribution < -0.4 is 5.32 Å². The summed E-state index contributed by atoms with van der Waals surface area (Å²) >= 11 is 0. The zero-order chi connectivity index (χ0) is 15.3. The summed E-state index contributed by atoms with van der Waals surface area (Å²) in [6, 6.07) is 14.7. The van der Waals surface area contributed by atoms with Gasteiger partial charge in [0.25, 0.3) is 0 Å². The van der Waals surface area contributed by atoms with Crippen LogP contribution >= 0.6 is 0 Å². The maximum Gasteiger partial charge on any atom is 0.231 e. The molecule has 1 unspecified atom stereocenters. The summed E-state index contributed by atoms with van der Waals surface area (Å²) in [4.78, 5) is 36.4. The largest absolute Gasteiger partial charge is 0.296 e. The minimum atomic E-state index is -0.456. The summed E-state index contributed by atoms with van der Waals surface area (Å²) in [7, 11) is 0. The number of fused-ring (bicyclic) bond motifs is 2. The number of imide groups is 1. The third kappa shape index (κ3) is 1.73. The number of hydrogen-bond donors (Lipinski definition) is 1. The molecule has 0 saturated carbocycles. The predicted molar refractivity (Wildman–Crippen MR) is 79.4 cm³/mol. The van der Waals surface area contributed by atoms with E-state index in [0.29, 0.717) is 11.1 Å². The molecule has 2 aromatic rings. The van der Waals surface area contributed by atoms with Crippen LogP contribution in [0.15, 0.2) is 48.5 Å². The number of benzene rings is 2. The molecule has 0 spiro atoms. The van der Waals surface area contributed by atoms with E-state index in [9.17, 15) is 14.4 Å². The van der Waals surface area contributed by atoms with Crippen molar-refractivity contribution in [3.63, 3.8) is 0 Å². The van der Waals surface area contributed by atoms with Crippen LogP contribution in [-0.4, -0.2) is 17.6 Å². The molecule has 1 atom stereocenters. The number of amides is 2. The van der Waals surface area contributed by atoms with Gasteiger partial charge in [0.2, 0.25) is 11.8 Å². The van der Waals surface area contributed by atoms with Gasteiger partial charge in [-0.25, -0.2) is 0 Å². The van der Waals surface area contributed by atoms with E-state index < -0.39 is 5.92 Å². The zero-order valence-corrected chi connectivity index (χ0v) is 11.7. The smallest absolute Gasteiger partial charge is 0.231 e. The van der Waals surface area contributed by atoms with Gasteiger partial charge in [0.05, 0.1) is 5.92 Å². The zero-order valence-electron chi connectivity index (χ0n) is 11.7. The van der Waals surface area contributed by atoms with Crippen molar-refractivity contribution in [1.29, 1.82) is 0 Å². The van der Waals surface area contributed by atoms with Gasteiger partial charge in [0, 0.05) is 23.5 Å². The number of nitrogens with one attached hydrogen (secondary N) is 1. The second-order valence-corrected chi connectivity index (χ2v) is 5.70. The van der Waals surface area contributed by atoms with Crippen molar-refractivity contribution < 1.29 is 14.4 Å². The lowest BCUT2D eigenvalue weighted by Gasteiger charge is -2.30. The Hall–Kier alpha value is -2.75. The van der Waals surface area contributed by atoms with E-state index in [1.807, 2.05) is 36.4 Å². The topological polar surface area (TPSA) is 63.2 Å². The highest BCUT2D eigenvalue weighted by atomic mass is 16.2. The van der Waals surface area contributed by atoms with E-state index in [1.54, 1.807) is 12.1 Å². The highest BCUT2D eigenvalue weighted by Gasteiger charge is 2.42. The van der Waals surface area contributed by atoms with Crippen molar-refractivity contribution in [2.75, 3.05) is 0 Å². The molecular formula is C18H13NO3. The molecule has 108 valence electrons. The van der Waals surface area contributed by atoms with Gasteiger partial charge >= 0.3 is 0 Å². The second kappa shape index (κ2) is 4.63. The van der Waals surface area contributed by atoms with Crippen molar-refractivity contribution >= 4 is 17.6 Å². The molecule has 4 rings (SSSR count). The molecule has 2 amide bonds. The normalized spacial score (nSPS) is 20.5. The summed E-state index contributed by atoms with van der Waals surface area (Å²) in [5, 5.41) is 2.37. The molecule has 2 aliphatic rings. The molecule has 4 nitrogen and oxygen atoms in total. The first-order valence-electron chi connectivity index (χ1n) is 7.23. The van der Waals surface area contributed by atoms with Crippen molar-refractivity contribution in [2.24, 2.45) is 5.92 Å². The van der Waals surface area contributed by atoms with Crippen LogP contribution in [0.25, 0.3) is 0 Å². The fourth-order valence-electron chi connectivity index (χ4n) is 3.54. The summed E-state index contributed by atoms with van der Waals surface area (Å²) in [5.74, 6) is -1.23. The average molecular weight is 291 g/mol. The SMILES string of the molecule is O=C1CC(C2c3ccccc3C(=O)c3ccccc32)C(=O)N1. The molecule has 0 aromatic heterocycles. The molecule has 1 aliphatic carbocycles. The summed E-state index contributed by atoms with van der Waals surface area (Å²) < 4.78 is 0. The molecule has 1 fully saturated rings. The molecule has 2 aromatic carbocycles. The summed E-state index contributed by atoms with van der Waals surface area (Å²) in [6.45, 7) is 0. The molecule has 0 radical (unpaired) electrons. The Kier molecular flexibility index (Phi) is 2.73. The molecule has 1 saturated heterocycles.